The lowest BCUT2D eigenvalue weighted by Crippen LogP contribution is -2.29. The van der Waals surface area contributed by atoms with E-state index in [4.69, 9.17) is 0 Å². The number of hydrogen-bond donors (Lipinski definition) is 1. The second kappa shape index (κ2) is 8.78. The van der Waals surface area contributed by atoms with Crippen LogP contribution in [0, 0.1) is 11.3 Å². The third-order valence-electron chi connectivity index (χ3n) is 4.54. The Labute approximate surface area is 163 Å². The number of piperidine rings is 1. The summed E-state index contributed by atoms with van der Waals surface area (Å²) in [4.78, 5) is 14.6. The van der Waals surface area contributed by atoms with Crippen LogP contribution in [-0.4, -0.2) is 29.2 Å². The van der Waals surface area contributed by atoms with E-state index in [0.29, 0.717) is 11.0 Å². The van der Waals surface area contributed by atoms with Crippen molar-refractivity contribution in [3.05, 3.63) is 41.0 Å². The van der Waals surface area contributed by atoms with Gasteiger partial charge in [-0.05, 0) is 42.4 Å². The summed E-state index contributed by atoms with van der Waals surface area (Å²) in [5, 5.41) is 21.5. The highest BCUT2D eigenvalue weighted by Crippen LogP contribution is 2.27. The molecular formula is C20H23N5OS. The van der Waals surface area contributed by atoms with E-state index >= 15 is 0 Å². The van der Waals surface area contributed by atoms with Crippen molar-refractivity contribution in [3.8, 4) is 6.07 Å². The summed E-state index contributed by atoms with van der Waals surface area (Å²) in [6.07, 6.45) is 5.13. The van der Waals surface area contributed by atoms with Crippen molar-refractivity contribution in [2.24, 2.45) is 0 Å². The molecule has 1 aromatic carbocycles. The molecule has 0 aliphatic carbocycles. The van der Waals surface area contributed by atoms with Gasteiger partial charge < -0.3 is 4.90 Å². The van der Waals surface area contributed by atoms with Crippen molar-refractivity contribution in [1.82, 2.24) is 10.2 Å². The van der Waals surface area contributed by atoms with Gasteiger partial charge in [0.25, 0.3) is 5.91 Å². The maximum atomic E-state index is 12.4. The number of carbonyl (C=O) groups is 1. The van der Waals surface area contributed by atoms with Gasteiger partial charge in [-0.2, -0.15) is 5.26 Å². The number of nitrogens with one attached hydrogen (secondary N) is 1. The summed E-state index contributed by atoms with van der Waals surface area (Å²) in [5.74, 6) is -0.0277. The minimum atomic E-state index is -0.466. The predicted octanol–water partition coefficient (Wildman–Crippen LogP) is 4.20. The lowest BCUT2D eigenvalue weighted by Gasteiger charge is -2.25. The van der Waals surface area contributed by atoms with Crippen molar-refractivity contribution >= 4 is 33.6 Å². The Morgan fingerprint density at radius 3 is 2.56 bits per heavy atom. The van der Waals surface area contributed by atoms with E-state index in [1.54, 1.807) is 6.08 Å². The standard InChI is InChI=1S/C20H23N5OS/c1-14(2)16-8-6-15(7-9-16)12-17(13-21)18(26)22-19-23-24-20(27-19)25-10-4-3-5-11-25/h6-9,12,14H,3-5,10-11H2,1-2H3,(H,22,23,26)/b17-12-. The van der Waals surface area contributed by atoms with Gasteiger partial charge in [0.2, 0.25) is 10.3 Å². The van der Waals surface area contributed by atoms with Crippen molar-refractivity contribution in [1.29, 1.82) is 5.26 Å². The first-order chi connectivity index (χ1) is 13.1. The summed E-state index contributed by atoms with van der Waals surface area (Å²) in [6, 6.07) is 9.83. The largest absolute Gasteiger partial charge is 0.347 e. The topological polar surface area (TPSA) is 81.9 Å². The predicted molar refractivity (Wildman–Crippen MR) is 109 cm³/mol. The van der Waals surface area contributed by atoms with Crippen LogP contribution in [0.3, 0.4) is 0 Å². The molecule has 27 heavy (non-hydrogen) atoms. The fourth-order valence-corrected chi connectivity index (χ4v) is 3.73. The van der Waals surface area contributed by atoms with Crippen LogP contribution in [0.4, 0.5) is 10.3 Å². The molecule has 0 unspecified atom stereocenters. The Balaban J connectivity index is 1.68. The van der Waals surface area contributed by atoms with E-state index in [-0.39, 0.29) is 5.57 Å². The maximum absolute atomic E-state index is 12.4. The Morgan fingerprint density at radius 1 is 1.22 bits per heavy atom. The molecule has 6 nitrogen and oxygen atoms in total. The fourth-order valence-electron chi connectivity index (χ4n) is 2.94. The van der Waals surface area contributed by atoms with Crippen molar-refractivity contribution in [2.45, 2.75) is 39.0 Å². The first-order valence-corrected chi connectivity index (χ1v) is 10.00. The Kier molecular flexibility index (Phi) is 6.20. The monoisotopic (exact) mass is 381 g/mol. The molecule has 1 aromatic heterocycles. The normalized spacial score (nSPS) is 14.9. The van der Waals surface area contributed by atoms with E-state index in [2.05, 4.69) is 34.3 Å². The van der Waals surface area contributed by atoms with Gasteiger partial charge in [0.1, 0.15) is 11.6 Å². The molecule has 0 bridgehead atoms. The zero-order valence-corrected chi connectivity index (χ0v) is 16.4. The van der Waals surface area contributed by atoms with E-state index in [9.17, 15) is 10.1 Å². The molecular weight excluding hydrogens is 358 g/mol. The van der Waals surface area contributed by atoms with Crippen LogP contribution in [0.25, 0.3) is 6.08 Å². The lowest BCUT2D eigenvalue weighted by atomic mass is 10.0. The van der Waals surface area contributed by atoms with Gasteiger partial charge >= 0.3 is 0 Å². The number of hydrogen-bond acceptors (Lipinski definition) is 6. The van der Waals surface area contributed by atoms with Crippen LogP contribution in [-0.2, 0) is 4.79 Å². The zero-order chi connectivity index (χ0) is 19.2. The number of carbonyl (C=O) groups excluding carboxylic acids is 1. The third-order valence-corrected chi connectivity index (χ3v) is 5.44. The number of amides is 1. The number of nitrogens with zero attached hydrogens (tertiary/aromatic N) is 4. The average Bonchev–Trinajstić information content (AvgIpc) is 3.15. The summed E-state index contributed by atoms with van der Waals surface area (Å²) in [5.41, 5.74) is 2.08. The summed E-state index contributed by atoms with van der Waals surface area (Å²) in [6.45, 7) is 6.19. The number of nitriles is 1. The van der Waals surface area contributed by atoms with Gasteiger partial charge in [-0.25, -0.2) is 0 Å². The molecule has 1 N–H and O–H groups in total. The minimum Gasteiger partial charge on any atom is -0.347 e. The Morgan fingerprint density at radius 2 is 1.93 bits per heavy atom. The van der Waals surface area contributed by atoms with E-state index in [1.165, 1.54) is 23.3 Å². The highest BCUT2D eigenvalue weighted by atomic mass is 32.1. The molecule has 0 atom stereocenters. The second-order valence-electron chi connectivity index (χ2n) is 6.88. The number of benzene rings is 1. The Hall–Kier alpha value is -2.72. The van der Waals surface area contributed by atoms with E-state index in [1.807, 2.05) is 30.3 Å². The molecule has 2 heterocycles. The number of aromatic nitrogens is 2. The van der Waals surface area contributed by atoms with Gasteiger partial charge in [-0.3, -0.25) is 10.1 Å². The van der Waals surface area contributed by atoms with E-state index in [0.717, 1.165) is 36.6 Å². The molecule has 0 radical (unpaired) electrons. The second-order valence-corrected chi connectivity index (χ2v) is 7.84. The zero-order valence-electron chi connectivity index (χ0n) is 15.6. The first kappa shape index (κ1) is 19.1. The molecule has 1 aliphatic rings. The number of rotatable bonds is 5. The van der Waals surface area contributed by atoms with Gasteiger partial charge in [0.05, 0.1) is 0 Å². The van der Waals surface area contributed by atoms with Crippen LogP contribution in [0.1, 0.15) is 50.2 Å². The summed E-state index contributed by atoms with van der Waals surface area (Å²) < 4.78 is 0. The van der Waals surface area contributed by atoms with Gasteiger partial charge in [-0.15, -0.1) is 10.2 Å². The van der Waals surface area contributed by atoms with Crippen LogP contribution >= 0.6 is 11.3 Å². The van der Waals surface area contributed by atoms with Crippen LogP contribution in [0.15, 0.2) is 29.8 Å². The molecule has 0 spiro atoms. The Bertz CT molecular complexity index is 857. The van der Waals surface area contributed by atoms with Crippen molar-refractivity contribution in [3.63, 3.8) is 0 Å². The van der Waals surface area contributed by atoms with Crippen molar-refractivity contribution < 1.29 is 4.79 Å². The molecule has 0 saturated carbocycles. The van der Waals surface area contributed by atoms with Crippen LogP contribution in [0.2, 0.25) is 0 Å². The molecule has 1 amide bonds. The molecule has 1 fully saturated rings. The highest BCUT2D eigenvalue weighted by Gasteiger charge is 2.17. The van der Waals surface area contributed by atoms with Gasteiger partial charge in [0, 0.05) is 13.1 Å². The van der Waals surface area contributed by atoms with Gasteiger partial charge in [0.15, 0.2) is 0 Å². The molecule has 1 aliphatic heterocycles. The van der Waals surface area contributed by atoms with Crippen LogP contribution in [0.5, 0.6) is 0 Å². The van der Waals surface area contributed by atoms with Crippen molar-refractivity contribution in [2.75, 3.05) is 23.3 Å². The van der Waals surface area contributed by atoms with Crippen LogP contribution < -0.4 is 10.2 Å². The molecule has 140 valence electrons. The molecule has 1 saturated heterocycles. The molecule has 3 rings (SSSR count). The lowest BCUT2D eigenvalue weighted by molar-refractivity contribution is -0.112. The average molecular weight is 382 g/mol. The maximum Gasteiger partial charge on any atom is 0.268 e. The number of anilines is 2. The first-order valence-electron chi connectivity index (χ1n) is 9.18. The van der Waals surface area contributed by atoms with Gasteiger partial charge in [-0.1, -0.05) is 49.4 Å². The summed E-state index contributed by atoms with van der Waals surface area (Å²) >= 11 is 1.34. The minimum absolute atomic E-state index is 0.0435. The smallest absolute Gasteiger partial charge is 0.268 e. The highest BCUT2D eigenvalue weighted by molar-refractivity contribution is 7.19. The fraction of sp³-hybridized carbons (Fsp3) is 0.400. The molecule has 7 heteroatoms. The quantitative estimate of drug-likeness (QED) is 0.620. The third kappa shape index (κ3) is 4.92. The molecule has 2 aromatic rings. The van der Waals surface area contributed by atoms with E-state index < -0.39 is 5.91 Å². The SMILES string of the molecule is CC(C)c1ccc(/C=C(/C#N)C(=O)Nc2nnc(N3CCCCC3)s2)cc1. The summed E-state index contributed by atoms with van der Waals surface area (Å²) in [7, 11) is 0.